The first kappa shape index (κ1) is 24.4. The second-order valence-electron chi connectivity index (χ2n) is 9.86. The fourth-order valence-corrected chi connectivity index (χ4v) is 7.33. The molecule has 0 radical (unpaired) electrons. The van der Waals surface area contributed by atoms with Gasteiger partial charge in [-0.1, -0.05) is 83.5 Å². The highest BCUT2D eigenvalue weighted by Crippen LogP contribution is 2.58. The topological polar surface area (TPSA) is 46.2 Å². The van der Waals surface area contributed by atoms with Crippen molar-refractivity contribution in [1.29, 1.82) is 0 Å². The third-order valence-corrected chi connectivity index (χ3v) is 9.06. The number of rotatable bonds is 9. The minimum Gasteiger partial charge on any atom is -0.374 e. The van der Waals surface area contributed by atoms with Crippen molar-refractivity contribution >= 4 is 15.9 Å². The highest BCUT2D eigenvalue weighted by atomic mass is 79.9. The standard InChI is InChI=1S/C28H35BrO5/c1-18-21-13-22-25(18)28(30-2)34-24(17-32-15-20-11-7-4-8-12-20)23(33-27(22)26(21)29)16-31-14-19-9-5-3-6-10-19/h3-12,18,21-28H,13-17H2,1-2H3/t18-,21-,22-,23-,24+,25+,26+,27+,28+/m0/s1. The number of methoxy groups -OCH3 is 1. The summed E-state index contributed by atoms with van der Waals surface area (Å²) in [6.45, 7) is 4.27. The summed E-state index contributed by atoms with van der Waals surface area (Å²) >= 11 is 3.98. The minimum atomic E-state index is -0.281. The van der Waals surface area contributed by atoms with E-state index in [-0.39, 0.29) is 24.6 Å². The van der Waals surface area contributed by atoms with Crippen LogP contribution in [0.4, 0.5) is 0 Å². The summed E-state index contributed by atoms with van der Waals surface area (Å²) in [6.07, 6.45) is 0.505. The van der Waals surface area contributed by atoms with E-state index in [0.717, 1.165) is 17.5 Å². The van der Waals surface area contributed by atoms with Gasteiger partial charge in [-0.2, -0.15) is 0 Å². The number of benzene rings is 2. The predicted molar refractivity (Wildman–Crippen MR) is 133 cm³/mol. The number of ether oxygens (including phenoxy) is 5. The second kappa shape index (κ2) is 11.2. The van der Waals surface area contributed by atoms with Gasteiger partial charge in [0, 0.05) is 17.9 Å². The number of hydrogen-bond acceptors (Lipinski definition) is 5. The molecule has 3 fully saturated rings. The summed E-state index contributed by atoms with van der Waals surface area (Å²) in [5.41, 5.74) is 2.29. The SMILES string of the molecule is CO[C@@H]1O[C@H](COCc2ccccc2)[C@H](COCc2ccccc2)O[C@H]2[C@H](Br)[C@H]3C[C@H]2[C@H]1[C@H]3C. The van der Waals surface area contributed by atoms with Gasteiger partial charge in [0.15, 0.2) is 6.29 Å². The van der Waals surface area contributed by atoms with E-state index in [0.29, 0.717) is 54.9 Å². The quantitative estimate of drug-likeness (QED) is 0.416. The van der Waals surface area contributed by atoms with E-state index in [2.05, 4.69) is 47.1 Å². The predicted octanol–water partition coefficient (Wildman–Crippen LogP) is 5.21. The van der Waals surface area contributed by atoms with Crippen molar-refractivity contribution in [2.24, 2.45) is 23.7 Å². The molecule has 5 rings (SSSR count). The third-order valence-electron chi connectivity index (χ3n) is 7.86. The molecule has 0 spiro atoms. The van der Waals surface area contributed by atoms with E-state index in [1.165, 1.54) is 0 Å². The van der Waals surface area contributed by atoms with Gasteiger partial charge in [0.05, 0.1) is 32.5 Å². The Morgan fingerprint density at radius 3 is 1.91 bits per heavy atom. The Kier molecular flexibility index (Phi) is 8.04. The van der Waals surface area contributed by atoms with Crippen LogP contribution in [-0.2, 0) is 36.9 Å². The number of fused-ring (bicyclic) bond motifs is 1. The van der Waals surface area contributed by atoms with Crippen LogP contribution < -0.4 is 0 Å². The lowest BCUT2D eigenvalue weighted by atomic mass is 9.78. The summed E-state index contributed by atoms with van der Waals surface area (Å²) in [7, 11) is 1.76. The maximum absolute atomic E-state index is 6.79. The van der Waals surface area contributed by atoms with Gasteiger partial charge in [-0.25, -0.2) is 0 Å². The van der Waals surface area contributed by atoms with Crippen LogP contribution in [0.5, 0.6) is 0 Å². The van der Waals surface area contributed by atoms with Crippen LogP contribution in [0, 0.1) is 23.7 Å². The van der Waals surface area contributed by atoms with Gasteiger partial charge in [0.2, 0.25) is 0 Å². The summed E-state index contributed by atoms with van der Waals surface area (Å²) in [6, 6.07) is 20.4. The number of halogens is 1. The first-order valence-electron chi connectivity index (χ1n) is 12.4. The van der Waals surface area contributed by atoms with Crippen molar-refractivity contribution in [2.45, 2.75) is 56.0 Å². The van der Waals surface area contributed by atoms with E-state index in [9.17, 15) is 0 Å². The smallest absolute Gasteiger partial charge is 0.161 e. The molecule has 5 nitrogen and oxygen atoms in total. The molecule has 1 aliphatic heterocycles. The zero-order valence-corrected chi connectivity index (χ0v) is 21.5. The Labute approximate surface area is 211 Å². The van der Waals surface area contributed by atoms with Crippen LogP contribution in [0.3, 0.4) is 0 Å². The summed E-state index contributed by atoms with van der Waals surface area (Å²) in [5, 5.41) is 0. The molecule has 0 N–H and O–H groups in total. The van der Waals surface area contributed by atoms with Gasteiger partial charge in [-0.05, 0) is 35.3 Å². The molecule has 184 valence electrons. The highest BCUT2D eigenvalue weighted by Gasteiger charge is 2.60. The third kappa shape index (κ3) is 5.13. The second-order valence-corrected chi connectivity index (χ2v) is 10.9. The first-order chi connectivity index (χ1) is 16.7. The molecule has 2 aromatic carbocycles. The average molecular weight is 531 g/mol. The molecule has 2 aliphatic carbocycles. The molecular formula is C28H35BrO5. The van der Waals surface area contributed by atoms with E-state index >= 15 is 0 Å². The molecule has 9 atom stereocenters. The molecule has 6 heteroatoms. The molecule has 0 unspecified atom stereocenters. The summed E-state index contributed by atoms with van der Waals surface area (Å²) in [5.74, 6) is 1.86. The van der Waals surface area contributed by atoms with E-state index in [4.69, 9.17) is 23.7 Å². The zero-order valence-electron chi connectivity index (χ0n) is 19.9. The zero-order chi connectivity index (χ0) is 23.5. The fourth-order valence-electron chi connectivity index (χ4n) is 6.12. The van der Waals surface area contributed by atoms with E-state index < -0.39 is 0 Å². The first-order valence-corrected chi connectivity index (χ1v) is 13.3. The van der Waals surface area contributed by atoms with Crippen LogP contribution in [0.25, 0.3) is 0 Å². The Bertz CT molecular complexity index is 896. The summed E-state index contributed by atoms with van der Waals surface area (Å²) < 4.78 is 31.6. The van der Waals surface area contributed by atoms with Crippen molar-refractivity contribution in [3.8, 4) is 0 Å². The van der Waals surface area contributed by atoms with E-state index in [1.54, 1.807) is 7.11 Å². The van der Waals surface area contributed by atoms with Gasteiger partial charge < -0.3 is 23.7 Å². The van der Waals surface area contributed by atoms with Crippen molar-refractivity contribution in [3.05, 3.63) is 71.8 Å². The fraction of sp³-hybridized carbons (Fsp3) is 0.571. The van der Waals surface area contributed by atoms with Crippen LogP contribution >= 0.6 is 15.9 Å². The van der Waals surface area contributed by atoms with Crippen LogP contribution in [-0.4, -0.2) is 49.8 Å². The van der Waals surface area contributed by atoms with Crippen molar-refractivity contribution in [1.82, 2.24) is 0 Å². The van der Waals surface area contributed by atoms with Crippen molar-refractivity contribution < 1.29 is 23.7 Å². The normalized spacial score (nSPS) is 36.9. The average Bonchev–Trinajstić information content (AvgIpc) is 3.35. The van der Waals surface area contributed by atoms with Gasteiger partial charge >= 0.3 is 0 Å². The Balaban J connectivity index is 1.31. The number of hydrogen-bond donors (Lipinski definition) is 0. The minimum absolute atomic E-state index is 0.134. The maximum atomic E-state index is 6.79. The Morgan fingerprint density at radius 2 is 1.38 bits per heavy atom. The van der Waals surface area contributed by atoms with Crippen LogP contribution in [0.2, 0.25) is 0 Å². The van der Waals surface area contributed by atoms with Crippen molar-refractivity contribution in [2.75, 3.05) is 20.3 Å². The van der Waals surface area contributed by atoms with Gasteiger partial charge in [-0.15, -0.1) is 0 Å². The highest BCUT2D eigenvalue weighted by molar-refractivity contribution is 9.09. The maximum Gasteiger partial charge on any atom is 0.161 e. The lowest BCUT2D eigenvalue weighted by Gasteiger charge is -2.46. The molecule has 1 heterocycles. The molecule has 1 saturated heterocycles. The van der Waals surface area contributed by atoms with E-state index in [1.807, 2.05) is 36.4 Å². The summed E-state index contributed by atoms with van der Waals surface area (Å²) in [4.78, 5) is 0.349. The molecule has 34 heavy (non-hydrogen) atoms. The molecule has 2 bridgehead atoms. The largest absolute Gasteiger partial charge is 0.374 e. The monoisotopic (exact) mass is 530 g/mol. The molecule has 0 aromatic heterocycles. The van der Waals surface area contributed by atoms with Gasteiger partial charge in [-0.3, -0.25) is 0 Å². The van der Waals surface area contributed by atoms with Gasteiger partial charge in [0.25, 0.3) is 0 Å². The molecular weight excluding hydrogens is 496 g/mol. The van der Waals surface area contributed by atoms with Crippen LogP contribution in [0.1, 0.15) is 24.5 Å². The lowest BCUT2D eigenvalue weighted by Crippen LogP contribution is -2.55. The molecule has 2 aromatic rings. The number of alkyl halides is 1. The Morgan fingerprint density at radius 1 is 0.824 bits per heavy atom. The van der Waals surface area contributed by atoms with Crippen LogP contribution in [0.15, 0.2) is 60.7 Å². The lowest BCUT2D eigenvalue weighted by molar-refractivity contribution is -0.273. The Hall–Kier alpha value is -1.28. The molecule has 3 aliphatic rings. The van der Waals surface area contributed by atoms with Crippen molar-refractivity contribution in [3.63, 3.8) is 0 Å². The van der Waals surface area contributed by atoms with Gasteiger partial charge in [0.1, 0.15) is 12.2 Å². The molecule has 0 amide bonds. The molecule has 2 saturated carbocycles.